The van der Waals surface area contributed by atoms with Gasteiger partial charge in [0, 0.05) is 18.4 Å². The summed E-state index contributed by atoms with van der Waals surface area (Å²) < 4.78 is 6.88. The zero-order valence-corrected chi connectivity index (χ0v) is 11.2. The second-order valence-electron chi connectivity index (χ2n) is 4.21. The highest BCUT2D eigenvalue weighted by Crippen LogP contribution is 2.23. The smallest absolute Gasteiger partial charge is 0.340 e. The van der Waals surface area contributed by atoms with Gasteiger partial charge in [0.2, 0.25) is 0 Å². The quantitative estimate of drug-likeness (QED) is 0.813. The third-order valence-corrected chi connectivity index (χ3v) is 3.13. The van der Waals surface area contributed by atoms with Crippen LogP contribution in [-0.2, 0) is 23.0 Å². The lowest BCUT2D eigenvalue weighted by Gasteiger charge is -2.04. The maximum absolute atomic E-state index is 11.8. The molecule has 1 N–H and O–H groups in total. The Hall–Kier alpha value is -1.78. The number of rotatable bonds is 5. The van der Waals surface area contributed by atoms with Gasteiger partial charge < -0.3 is 14.4 Å². The first-order chi connectivity index (χ1) is 8.40. The fraction of sp³-hybridized carbons (Fsp3) is 0.538. The van der Waals surface area contributed by atoms with E-state index in [1.807, 2.05) is 25.5 Å². The van der Waals surface area contributed by atoms with Gasteiger partial charge in [0.25, 0.3) is 0 Å². The third kappa shape index (κ3) is 2.72. The van der Waals surface area contributed by atoms with Crippen molar-refractivity contribution < 1.29 is 19.4 Å². The molecule has 0 amide bonds. The number of hydrogen-bond donors (Lipinski definition) is 1. The van der Waals surface area contributed by atoms with E-state index in [1.165, 1.54) is 0 Å². The van der Waals surface area contributed by atoms with Crippen LogP contribution in [0.4, 0.5) is 0 Å². The molecule has 0 saturated heterocycles. The summed E-state index contributed by atoms with van der Waals surface area (Å²) in [7, 11) is 1.84. The summed E-state index contributed by atoms with van der Waals surface area (Å²) in [5.74, 6) is -1.18. The molecule has 0 unspecified atom stereocenters. The van der Waals surface area contributed by atoms with Crippen LogP contribution in [0.15, 0.2) is 0 Å². The molecule has 0 bridgehead atoms. The van der Waals surface area contributed by atoms with Crippen molar-refractivity contribution in [1.29, 1.82) is 0 Å². The van der Waals surface area contributed by atoms with Crippen molar-refractivity contribution in [2.24, 2.45) is 7.05 Å². The Morgan fingerprint density at radius 3 is 2.44 bits per heavy atom. The van der Waals surface area contributed by atoms with Crippen LogP contribution >= 0.6 is 0 Å². The molecule has 1 aromatic rings. The van der Waals surface area contributed by atoms with E-state index in [0.29, 0.717) is 18.6 Å². The average Bonchev–Trinajstić information content (AvgIpc) is 2.48. The fourth-order valence-corrected chi connectivity index (χ4v) is 2.12. The van der Waals surface area contributed by atoms with E-state index in [1.54, 1.807) is 6.92 Å². The van der Waals surface area contributed by atoms with Crippen molar-refractivity contribution in [3.05, 3.63) is 22.5 Å². The van der Waals surface area contributed by atoms with Gasteiger partial charge in [-0.25, -0.2) is 4.79 Å². The van der Waals surface area contributed by atoms with Gasteiger partial charge >= 0.3 is 11.9 Å². The summed E-state index contributed by atoms with van der Waals surface area (Å²) in [6, 6.07) is 0. The van der Waals surface area contributed by atoms with Gasteiger partial charge in [0.1, 0.15) is 0 Å². The molecule has 1 rings (SSSR count). The van der Waals surface area contributed by atoms with Gasteiger partial charge in [-0.05, 0) is 32.8 Å². The molecule has 100 valence electrons. The Balaban J connectivity index is 3.11. The first-order valence-corrected chi connectivity index (χ1v) is 5.93. The number of nitrogens with zero attached hydrogens (tertiary/aromatic N) is 1. The number of esters is 1. The van der Waals surface area contributed by atoms with Crippen LogP contribution in [0, 0.1) is 13.8 Å². The van der Waals surface area contributed by atoms with Gasteiger partial charge in [-0.1, -0.05) is 0 Å². The summed E-state index contributed by atoms with van der Waals surface area (Å²) in [6.45, 7) is 5.76. The van der Waals surface area contributed by atoms with Crippen LogP contribution in [-0.4, -0.2) is 28.2 Å². The zero-order valence-electron chi connectivity index (χ0n) is 11.2. The maximum atomic E-state index is 11.8. The molecule has 1 aromatic heterocycles. The van der Waals surface area contributed by atoms with Crippen molar-refractivity contribution in [1.82, 2.24) is 4.57 Å². The molecular weight excluding hydrogens is 234 g/mol. The SMILES string of the molecule is CCOC(=O)c1c(C)c(CCC(=O)O)n(C)c1C. The predicted molar refractivity (Wildman–Crippen MR) is 66.8 cm³/mol. The highest BCUT2D eigenvalue weighted by Gasteiger charge is 2.21. The lowest BCUT2D eigenvalue weighted by molar-refractivity contribution is -0.136. The lowest BCUT2D eigenvalue weighted by atomic mass is 10.1. The van der Waals surface area contributed by atoms with Crippen molar-refractivity contribution in [2.45, 2.75) is 33.6 Å². The standard InChI is InChI=1S/C13H19NO4/c1-5-18-13(17)12-8(2)10(6-7-11(15)16)14(4)9(12)3/h5-7H2,1-4H3,(H,15,16). The van der Waals surface area contributed by atoms with Gasteiger partial charge in [-0.15, -0.1) is 0 Å². The van der Waals surface area contributed by atoms with E-state index < -0.39 is 5.97 Å². The van der Waals surface area contributed by atoms with Crippen LogP contribution in [0.1, 0.15) is 40.7 Å². The molecule has 0 aliphatic heterocycles. The minimum absolute atomic E-state index is 0.0560. The van der Waals surface area contributed by atoms with Crippen LogP contribution in [0.25, 0.3) is 0 Å². The Morgan fingerprint density at radius 1 is 1.33 bits per heavy atom. The Bertz CT molecular complexity index is 474. The monoisotopic (exact) mass is 253 g/mol. The number of carboxylic acids is 1. The van der Waals surface area contributed by atoms with Gasteiger partial charge in [-0.2, -0.15) is 0 Å². The average molecular weight is 253 g/mol. The van der Waals surface area contributed by atoms with E-state index >= 15 is 0 Å². The van der Waals surface area contributed by atoms with E-state index in [4.69, 9.17) is 9.84 Å². The van der Waals surface area contributed by atoms with Gasteiger partial charge in [0.15, 0.2) is 0 Å². The Labute approximate surface area is 106 Å². The van der Waals surface area contributed by atoms with Crippen molar-refractivity contribution in [3.63, 3.8) is 0 Å². The second kappa shape index (κ2) is 5.71. The molecule has 0 saturated carbocycles. The highest BCUT2D eigenvalue weighted by molar-refractivity contribution is 5.93. The maximum Gasteiger partial charge on any atom is 0.340 e. The van der Waals surface area contributed by atoms with E-state index in [-0.39, 0.29) is 12.4 Å². The molecule has 0 spiro atoms. The topological polar surface area (TPSA) is 68.5 Å². The first kappa shape index (κ1) is 14.3. The zero-order chi connectivity index (χ0) is 13.9. The number of aromatic nitrogens is 1. The number of carbonyl (C=O) groups is 2. The van der Waals surface area contributed by atoms with Gasteiger partial charge in [-0.3, -0.25) is 4.79 Å². The van der Waals surface area contributed by atoms with Gasteiger partial charge in [0.05, 0.1) is 18.6 Å². The number of carboxylic acid groups (broad SMARTS) is 1. The Morgan fingerprint density at radius 2 is 1.94 bits per heavy atom. The molecule has 18 heavy (non-hydrogen) atoms. The lowest BCUT2D eigenvalue weighted by Crippen LogP contribution is -2.07. The molecule has 0 atom stereocenters. The van der Waals surface area contributed by atoms with Crippen LogP contribution in [0.3, 0.4) is 0 Å². The predicted octanol–water partition coefficient (Wildman–Crippen LogP) is 1.84. The number of carbonyl (C=O) groups excluding carboxylic acids is 1. The summed E-state index contributed by atoms with van der Waals surface area (Å²) in [5, 5.41) is 8.73. The summed E-state index contributed by atoms with van der Waals surface area (Å²) >= 11 is 0. The molecule has 0 radical (unpaired) electrons. The minimum Gasteiger partial charge on any atom is -0.481 e. The van der Waals surface area contributed by atoms with E-state index in [9.17, 15) is 9.59 Å². The van der Waals surface area contributed by atoms with Crippen LogP contribution in [0.5, 0.6) is 0 Å². The summed E-state index contributed by atoms with van der Waals surface area (Å²) in [4.78, 5) is 22.5. The fourth-order valence-electron chi connectivity index (χ4n) is 2.12. The first-order valence-electron chi connectivity index (χ1n) is 5.93. The number of ether oxygens (including phenoxy) is 1. The molecular formula is C13H19NO4. The van der Waals surface area contributed by atoms with Crippen LogP contribution in [0.2, 0.25) is 0 Å². The highest BCUT2D eigenvalue weighted by atomic mass is 16.5. The molecule has 5 heteroatoms. The summed E-state index contributed by atoms with van der Waals surface area (Å²) in [6.07, 6.45) is 0.471. The van der Waals surface area contributed by atoms with Crippen molar-refractivity contribution >= 4 is 11.9 Å². The third-order valence-electron chi connectivity index (χ3n) is 3.13. The van der Waals surface area contributed by atoms with Crippen molar-refractivity contribution in [3.8, 4) is 0 Å². The molecule has 0 aliphatic carbocycles. The molecule has 5 nitrogen and oxygen atoms in total. The minimum atomic E-state index is -0.842. The molecule has 0 aliphatic rings. The van der Waals surface area contributed by atoms with E-state index in [0.717, 1.165) is 17.0 Å². The van der Waals surface area contributed by atoms with Crippen LogP contribution < -0.4 is 0 Å². The van der Waals surface area contributed by atoms with Crippen molar-refractivity contribution in [2.75, 3.05) is 6.61 Å². The number of aliphatic carboxylic acids is 1. The summed E-state index contributed by atoms with van der Waals surface area (Å²) in [5.41, 5.74) is 3.05. The second-order valence-corrected chi connectivity index (χ2v) is 4.21. The normalized spacial score (nSPS) is 10.4. The number of hydrogen-bond acceptors (Lipinski definition) is 3. The van der Waals surface area contributed by atoms with E-state index in [2.05, 4.69) is 0 Å². The molecule has 0 aromatic carbocycles. The Kier molecular flexibility index (Phi) is 4.53. The largest absolute Gasteiger partial charge is 0.481 e. The molecule has 0 fully saturated rings. The molecule has 1 heterocycles.